The van der Waals surface area contributed by atoms with E-state index in [1.807, 2.05) is 48.5 Å². The van der Waals surface area contributed by atoms with E-state index in [9.17, 15) is 4.79 Å². The van der Waals surface area contributed by atoms with Crippen LogP contribution in [0.4, 0.5) is 0 Å². The zero-order chi connectivity index (χ0) is 20.2. The number of hydrogen-bond acceptors (Lipinski definition) is 6. The van der Waals surface area contributed by atoms with Crippen LogP contribution in [0, 0.1) is 0 Å². The number of likely N-dealkylation sites (N-methyl/N-ethyl adjacent to an activating group) is 1. The third-order valence-corrected chi connectivity index (χ3v) is 5.25. The Bertz CT molecular complexity index is 943. The van der Waals surface area contributed by atoms with Crippen LogP contribution in [0.15, 0.2) is 53.3 Å². The van der Waals surface area contributed by atoms with Crippen LogP contribution in [-0.4, -0.2) is 63.7 Å². The van der Waals surface area contributed by atoms with Gasteiger partial charge in [0.25, 0.3) is 0 Å². The van der Waals surface area contributed by atoms with Gasteiger partial charge in [0.2, 0.25) is 11.8 Å². The quantitative estimate of drug-likeness (QED) is 0.685. The summed E-state index contributed by atoms with van der Waals surface area (Å²) in [6.07, 6.45) is 5.39. The minimum atomic E-state index is -0.365. The number of aryl methyl sites for hydroxylation is 1. The van der Waals surface area contributed by atoms with Crippen molar-refractivity contribution in [1.82, 2.24) is 29.9 Å². The predicted octanol–water partition coefficient (Wildman–Crippen LogP) is 1.68. The molecule has 1 atom stereocenters. The molecule has 1 aromatic carbocycles. The van der Waals surface area contributed by atoms with Crippen LogP contribution in [-0.2, 0) is 18.4 Å². The van der Waals surface area contributed by atoms with Crippen molar-refractivity contribution in [2.75, 3.05) is 33.2 Å². The molecule has 0 aliphatic carbocycles. The first kappa shape index (κ1) is 19.4. The van der Waals surface area contributed by atoms with E-state index in [1.54, 1.807) is 24.1 Å². The van der Waals surface area contributed by atoms with E-state index < -0.39 is 0 Å². The summed E-state index contributed by atoms with van der Waals surface area (Å²) in [6.45, 7) is 3.59. The van der Waals surface area contributed by atoms with Gasteiger partial charge in [-0.25, -0.2) is 4.98 Å². The zero-order valence-corrected chi connectivity index (χ0v) is 16.8. The molecular formula is C21H26N6O2. The molecule has 1 amide bonds. The van der Waals surface area contributed by atoms with Crippen LogP contribution in [0.5, 0.6) is 0 Å². The van der Waals surface area contributed by atoms with Crippen LogP contribution >= 0.6 is 0 Å². The number of carbonyl (C=O) groups is 1. The molecule has 0 bridgehead atoms. The Morgan fingerprint density at radius 1 is 1.17 bits per heavy atom. The maximum Gasteiger partial charge on any atom is 0.244 e. The number of carbonyl (C=O) groups excluding carboxylic acids is 1. The molecule has 152 valence electrons. The highest BCUT2D eigenvalue weighted by molar-refractivity contribution is 5.83. The van der Waals surface area contributed by atoms with E-state index in [1.165, 1.54) is 0 Å². The number of aromatic nitrogens is 3. The van der Waals surface area contributed by atoms with Crippen molar-refractivity contribution in [3.8, 4) is 11.3 Å². The molecule has 0 radical (unpaired) electrons. The van der Waals surface area contributed by atoms with Gasteiger partial charge in [-0.3, -0.25) is 14.4 Å². The Balaban J connectivity index is 1.32. The molecule has 1 aliphatic rings. The highest BCUT2D eigenvalue weighted by Gasteiger charge is 2.28. The van der Waals surface area contributed by atoms with Gasteiger partial charge in [0.15, 0.2) is 5.76 Å². The summed E-state index contributed by atoms with van der Waals surface area (Å²) in [6, 6.07) is 9.60. The first-order valence-electron chi connectivity index (χ1n) is 9.81. The largest absolute Gasteiger partial charge is 0.439 e. The SMILES string of the molecule is CNC(C(=O)N1CCN(Cc2ncc(-c3ccccc3)o2)CC1)c1cnn(C)c1. The van der Waals surface area contributed by atoms with E-state index in [0.29, 0.717) is 25.5 Å². The number of rotatable bonds is 6. The molecule has 0 spiro atoms. The minimum Gasteiger partial charge on any atom is -0.439 e. The first-order valence-corrected chi connectivity index (χ1v) is 9.81. The normalized spacial score (nSPS) is 16.1. The third-order valence-electron chi connectivity index (χ3n) is 5.25. The summed E-state index contributed by atoms with van der Waals surface area (Å²) in [7, 11) is 3.66. The van der Waals surface area contributed by atoms with Crippen LogP contribution in [0.25, 0.3) is 11.3 Å². The van der Waals surface area contributed by atoms with Gasteiger partial charge in [-0.15, -0.1) is 0 Å². The van der Waals surface area contributed by atoms with Crippen molar-refractivity contribution >= 4 is 5.91 Å². The molecule has 1 unspecified atom stereocenters. The topological polar surface area (TPSA) is 79.4 Å². The van der Waals surface area contributed by atoms with Crippen LogP contribution in [0.1, 0.15) is 17.5 Å². The highest BCUT2D eigenvalue weighted by Crippen LogP contribution is 2.21. The second kappa shape index (κ2) is 8.59. The second-order valence-corrected chi connectivity index (χ2v) is 7.25. The Kier molecular flexibility index (Phi) is 5.73. The number of benzene rings is 1. The van der Waals surface area contributed by atoms with Crippen LogP contribution < -0.4 is 5.32 Å². The lowest BCUT2D eigenvalue weighted by Crippen LogP contribution is -2.51. The van der Waals surface area contributed by atoms with Crippen LogP contribution in [0.3, 0.4) is 0 Å². The Labute approximate surface area is 170 Å². The molecule has 3 heterocycles. The molecule has 1 N–H and O–H groups in total. The molecule has 1 aliphatic heterocycles. The van der Waals surface area contributed by atoms with Gasteiger partial charge in [0, 0.05) is 50.6 Å². The van der Waals surface area contributed by atoms with Crippen molar-refractivity contribution < 1.29 is 9.21 Å². The number of oxazole rings is 1. The smallest absolute Gasteiger partial charge is 0.244 e. The average Bonchev–Trinajstić information content (AvgIpc) is 3.39. The summed E-state index contributed by atoms with van der Waals surface area (Å²) < 4.78 is 7.62. The maximum absolute atomic E-state index is 12.9. The van der Waals surface area contributed by atoms with Gasteiger partial charge in [-0.2, -0.15) is 5.10 Å². The highest BCUT2D eigenvalue weighted by atomic mass is 16.4. The van der Waals surface area contributed by atoms with Gasteiger partial charge >= 0.3 is 0 Å². The molecule has 1 fully saturated rings. The van der Waals surface area contributed by atoms with E-state index in [2.05, 4.69) is 20.3 Å². The van der Waals surface area contributed by atoms with E-state index in [-0.39, 0.29) is 11.9 Å². The minimum absolute atomic E-state index is 0.0858. The van der Waals surface area contributed by atoms with Gasteiger partial charge in [0.05, 0.1) is 18.9 Å². The monoisotopic (exact) mass is 394 g/mol. The lowest BCUT2D eigenvalue weighted by atomic mass is 10.1. The van der Waals surface area contributed by atoms with E-state index in [0.717, 1.165) is 30.0 Å². The fraction of sp³-hybridized carbons (Fsp3) is 0.381. The van der Waals surface area contributed by atoms with Crippen molar-refractivity contribution in [3.05, 3.63) is 60.4 Å². The van der Waals surface area contributed by atoms with E-state index >= 15 is 0 Å². The van der Waals surface area contributed by atoms with Crippen molar-refractivity contribution in [1.29, 1.82) is 0 Å². The summed E-state index contributed by atoms with van der Waals surface area (Å²) >= 11 is 0. The summed E-state index contributed by atoms with van der Waals surface area (Å²) in [5.41, 5.74) is 1.91. The Hall–Kier alpha value is -2.97. The predicted molar refractivity (Wildman–Crippen MR) is 109 cm³/mol. The first-order chi connectivity index (χ1) is 14.1. The molecule has 0 saturated carbocycles. The lowest BCUT2D eigenvalue weighted by Gasteiger charge is -2.35. The molecular weight excluding hydrogens is 368 g/mol. The van der Waals surface area contributed by atoms with Crippen molar-refractivity contribution in [2.45, 2.75) is 12.6 Å². The summed E-state index contributed by atoms with van der Waals surface area (Å²) in [4.78, 5) is 21.5. The van der Waals surface area contributed by atoms with Crippen LogP contribution in [0.2, 0.25) is 0 Å². The van der Waals surface area contributed by atoms with E-state index in [4.69, 9.17) is 4.42 Å². The molecule has 4 rings (SSSR count). The van der Waals surface area contributed by atoms with Gasteiger partial charge < -0.3 is 14.6 Å². The van der Waals surface area contributed by atoms with Crippen molar-refractivity contribution in [3.63, 3.8) is 0 Å². The second-order valence-electron chi connectivity index (χ2n) is 7.25. The third kappa shape index (κ3) is 4.38. The molecule has 3 aromatic rings. The fourth-order valence-electron chi connectivity index (χ4n) is 3.64. The Morgan fingerprint density at radius 3 is 2.59 bits per heavy atom. The average molecular weight is 394 g/mol. The van der Waals surface area contributed by atoms with Gasteiger partial charge in [-0.05, 0) is 7.05 Å². The lowest BCUT2D eigenvalue weighted by molar-refractivity contribution is -0.135. The van der Waals surface area contributed by atoms with Gasteiger partial charge in [-0.1, -0.05) is 30.3 Å². The molecule has 29 heavy (non-hydrogen) atoms. The number of nitrogens with zero attached hydrogens (tertiary/aromatic N) is 5. The number of amides is 1. The Morgan fingerprint density at radius 2 is 1.93 bits per heavy atom. The summed E-state index contributed by atoms with van der Waals surface area (Å²) in [5, 5.41) is 7.29. The zero-order valence-electron chi connectivity index (χ0n) is 16.8. The standard InChI is InChI=1S/C21H26N6O2/c1-22-20(17-12-24-25(2)14-17)21(28)27-10-8-26(9-11-27)15-19-23-13-18(29-19)16-6-4-3-5-7-16/h3-7,12-14,20,22H,8-11,15H2,1-2H3. The maximum atomic E-state index is 12.9. The number of piperazine rings is 1. The molecule has 2 aromatic heterocycles. The van der Waals surface area contributed by atoms with Crippen molar-refractivity contribution in [2.24, 2.45) is 7.05 Å². The molecule has 8 heteroatoms. The fourth-order valence-corrected chi connectivity index (χ4v) is 3.64. The number of nitrogens with one attached hydrogen (secondary N) is 1. The van der Waals surface area contributed by atoms with Gasteiger partial charge in [0.1, 0.15) is 6.04 Å². The summed E-state index contributed by atoms with van der Waals surface area (Å²) in [5.74, 6) is 1.57. The number of hydrogen-bond donors (Lipinski definition) is 1. The molecule has 1 saturated heterocycles. The molecule has 8 nitrogen and oxygen atoms in total.